The first-order valence-corrected chi connectivity index (χ1v) is 6.39. The van der Waals surface area contributed by atoms with Gasteiger partial charge in [-0.15, -0.1) is 0 Å². The molecule has 0 amide bonds. The van der Waals surface area contributed by atoms with E-state index in [0.717, 1.165) is 38.0 Å². The van der Waals surface area contributed by atoms with Crippen molar-refractivity contribution in [3.05, 3.63) is 23.2 Å². The van der Waals surface area contributed by atoms with Gasteiger partial charge in [-0.2, -0.15) is 0 Å². The number of nitrogen functional groups attached to an aromatic ring is 1. The van der Waals surface area contributed by atoms with Gasteiger partial charge in [0.15, 0.2) is 0 Å². The average molecular weight is 255 g/mol. The molecule has 1 saturated heterocycles. The summed E-state index contributed by atoms with van der Waals surface area (Å²) in [5.41, 5.74) is 7.03. The van der Waals surface area contributed by atoms with Crippen LogP contribution in [0.5, 0.6) is 0 Å². The molecular formula is C13H19ClN2O. The van der Waals surface area contributed by atoms with Crippen LogP contribution in [0.3, 0.4) is 0 Å². The first-order chi connectivity index (χ1) is 7.99. The molecule has 3 N–H and O–H groups in total. The summed E-state index contributed by atoms with van der Waals surface area (Å²) >= 11 is 6.20. The highest BCUT2D eigenvalue weighted by atomic mass is 35.5. The van der Waals surface area contributed by atoms with Crippen molar-refractivity contribution in [1.82, 2.24) is 0 Å². The molecule has 1 aliphatic rings. The lowest BCUT2D eigenvalue weighted by atomic mass is 9.98. The number of benzene rings is 1. The van der Waals surface area contributed by atoms with E-state index in [1.165, 1.54) is 0 Å². The molecule has 0 spiro atoms. The zero-order valence-electron chi connectivity index (χ0n) is 10.1. The highest BCUT2D eigenvalue weighted by Crippen LogP contribution is 2.34. The topological polar surface area (TPSA) is 49.5 Å². The molecule has 1 fully saturated rings. The van der Waals surface area contributed by atoms with E-state index in [9.17, 15) is 5.11 Å². The van der Waals surface area contributed by atoms with Crippen LogP contribution in [-0.2, 0) is 0 Å². The minimum Gasteiger partial charge on any atom is -0.397 e. The number of hydrogen-bond donors (Lipinski definition) is 2. The van der Waals surface area contributed by atoms with Gasteiger partial charge in [0.1, 0.15) is 0 Å². The van der Waals surface area contributed by atoms with E-state index in [1.807, 2.05) is 25.1 Å². The fraction of sp³-hybridized carbons (Fsp3) is 0.538. The highest BCUT2D eigenvalue weighted by Gasteiger charge is 2.26. The monoisotopic (exact) mass is 254 g/mol. The van der Waals surface area contributed by atoms with Gasteiger partial charge in [-0.05, 0) is 38.3 Å². The molecule has 3 nitrogen and oxygen atoms in total. The minimum atomic E-state index is -0.565. The molecule has 0 aromatic heterocycles. The Labute approximate surface area is 107 Å². The van der Waals surface area contributed by atoms with Crippen LogP contribution in [-0.4, -0.2) is 23.8 Å². The van der Waals surface area contributed by atoms with Gasteiger partial charge in [0, 0.05) is 13.1 Å². The molecule has 1 aliphatic heterocycles. The van der Waals surface area contributed by atoms with Crippen molar-refractivity contribution >= 4 is 23.0 Å². The van der Waals surface area contributed by atoms with Gasteiger partial charge in [-0.3, -0.25) is 0 Å². The summed E-state index contributed by atoms with van der Waals surface area (Å²) in [4.78, 5) is 2.18. The van der Waals surface area contributed by atoms with Crippen molar-refractivity contribution in [1.29, 1.82) is 0 Å². The number of halogens is 1. The lowest BCUT2D eigenvalue weighted by molar-refractivity contribution is 0.0481. The fourth-order valence-corrected chi connectivity index (χ4v) is 2.65. The van der Waals surface area contributed by atoms with Crippen molar-refractivity contribution in [2.75, 3.05) is 23.7 Å². The molecule has 2 rings (SSSR count). The van der Waals surface area contributed by atoms with Crippen molar-refractivity contribution in [3.8, 4) is 0 Å². The molecule has 1 atom stereocenters. The first kappa shape index (κ1) is 12.5. The van der Waals surface area contributed by atoms with E-state index in [4.69, 9.17) is 17.3 Å². The number of rotatable bonds is 1. The van der Waals surface area contributed by atoms with E-state index in [-0.39, 0.29) is 0 Å². The van der Waals surface area contributed by atoms with E-state index in [1.54, 1.807) is 0 Å². The summed E-state index contributed by atoms with van der Waals surface area (Å²) in [5.74, 6) is 0. The first-order valence-electron chi connectivity index (χ1n) is 6.01. The van der Waals surface area contributed by atoms with Crippen LogP contribution < -0.4 is 10.6 Å². The molecule has 0 saturated carbocycles. The number of nitrogens with two attached hydrogens (primary N) is 1. The summed E-state index contributed by atoms with van der Waals surface area (Å²) in [7, 11) is 0. The maximum absolute atomic E-state index is 10.1. The fourth-order valence-electron chi connectivity index (χ4n) is 2.35. The van der Waals surface area contributed by atoms with Crippen molar-refractivity contribution in [2.45, 2.75) is 31.8 Å². The smallest absolute Gasteiger partial charge is 0.0789 e. The van der Waals surface area contributed by atoms with E-state index < -0.39 is 5.60 Å². The second-order valence-electron chi connectivity index (χ2n) is 5.02. The second-order valence-corrected chi connectivity index (χ2v) is 5.42. The molecule has 1 aromatic carbocycles. The van der Waals surface area contributed by atoms with Gasteiger partial charge in [0.05, 0.1) is 22.0 Å². The third kappa shape index (κ3) is 2.85. The Morgan fingerprint density at radius 3 is 2.82 bits per heavy atom. The zero-order valence-corrected chi connectivity index (χ0v) is 10.9. The second kappa shape index (κ2) is 4.75. The zero-order chi connectivity index (χ0) is 12.5. The summed E-state index contributed by atoms with van der Waals surface area (Å²) in [6.07, 6.45) is 2.53. The molecular weight excluding hydrogens is 236 g/mol. The van der Waals surface area contributed by atoms with E-state index >= 15 is 0 Å². The number of anilines is 2. The third-order valence-corrected chi connectivity index (χ3v) is 3.70. The Balaban J connectivity index is 2.23. The maximum atomic E-state index is 10.1. The Bertz CT molecular complexity index is 386. The van der Waals surface area contributed by atoms with Gasteiger partial charge in [-0.1, -0.05) is 17.7 Å². The molecule has 1 heterocycles. The highest BCUT2D eigenvalue weighted by molar-refractivity contribution is 6.34. The minimum absolute atomic E-state index is 0.565. The van der Waals surface area contributed by atoms with Gasteiger partial charge < -0.3 is 15.7 Å². The lowest BCUT2D eigenvalue weighted by Gasteiger charge is -2.26. The third-order valence-electron chi connectivity index (χ3n) is 3.40. The van der Waals surface area contributed by atoms with Crippen LogP contribution in [0, 0.1) is 0 Å². The number of nitrogens with zero attached hydrogens (tertiary/aromatic N) is 1. The molecule has 1 aromatic rings. The van der Waals surface area contributed by atoms with Crippen molar-refractivity contribution < 1.29 is 5.11 Å². The van der Waals surface area contributed by atoms with Crippen molar-refractivity contribution in [2.24, 2.45) is 0 Å². The van der Waals surface area contributed by atoms with Gasteiger partial charge in [0.2, 0.25) is 0 Å². The van der Waals surface area contributed by atoms with E-state index in [0.29, 0.717) is 10.7 Å². The van der Waals surface area contributed by atoms with Crippen LogP contribution in [0.4, 0.5) is 11.4 Å². The number of aliphatic hydroxyl groups is 1. The van der Waals surface area contributed by atoms with Crippen LogP contribution in [0.25, 0.3) is 0 Å². The Morgan fingerprint density at radius 1 is 1.35 bits per heavy atom. The van der Waals surface area contributed by atoms with Crippen LogP contribution in [0.15, 0.2) is 18.2 Å². The quantitative estimate of drug-likeness (QED) is 0.758. The summed E-state index contributed by atoms with van der Waals surface area (Å²) < 4.78 is 0. The number of para-hydroxylation sites is 1. The molecule has 0 aliphatic carbocycles. The summed E-state index contributed by atoms with van der Waals surface area (Å²) in [6.45, 7) is 3.58. The normalized spacial score (nSPS) is 25.7. The van der Waals surface area contributed by atoms with E-state index in [2.05, 4.69) is 4.90 Å². The largest absolute Gasteiger partial charge is 0.397 e. The molecule has 4 heteroatoms. The van der Waals surface area contributed by atoms with Gasteiger partial charge in [0.25, 0.3) is 0 Å². The number of hydrogen-bond acceptors (Lipinski definition) is 3. The Kier molecular flexibility index (Phi) is 3.50. The van der Waals surface area contributed by atoms with Gasteiger partial charge >= 0.3 is 0 Å². The van der Waals surface area contributed by atoms with Crippen molar-refractivity contribution in [3.63, 3.8) is 0 Å². The lowest BCUT2D eigenvalue weighted by Crippen LogP contribution is -2.28. The molecule has 1 unspecified atom stereocenters. The van der Waals surface area contributed by atoms with Gasteiger partial charge in [-0.25, -0.2) is 0 Å². The average Bonchev–Trinajstić information content (AvgIpc) is 2.40. The summed E-state index contributed by atoms with van der Waals surface area (Å²) in [5, 5.41) is 10.8. The molecule has 94 valence electrons. The predicted molar refractivity (Wildman–Crippen MR) is 72.6 cm³/mol. The predicted octanol–water partition coefficient (Wildman–Crippen LogP) is 2.66. The molecule has 0 radical (unpaired) electrons. The summed E-state index contributed by atoms with van der Waals surface area (Å²) in [6, 6.07) is 5.58. The SMILES string of the molecule is CC1(O)CCCN(c2c(N)cccc2Cl)CC1. The maximum Gasteiger partial charge on any atom is 0.0789 e. The van der Waals surface area contributed by atoms with Crippen LogP contribution >= 0.6 is 11.6 Å². The van der Waals surface area contributed by atoms with Crippen LogP contribution in [0.1, 0.15) is 26.2 Å². The Morgan fingerprint density at radius 2 is 2.12 bits per heavy atom. The molecule has 17 heavy (non-hydrogen) atoms. The standard InChI is InChI=1S/C13H19ClN2O/c1-13(17)6-3-8-16(9-7-13)12-10(14)4-2-5-11(12)15/h2,4-5,17H,3,6-9,15H2,1H3. The Hall–Kier alpha value is -0.930. The molecule has 0 bridgehead atoms. The van der Waals surface area contributed by atoms with Crippen LogP contribution in [0.2, 0.25) is 5.02 Å².